The summed E-state index contributed by atoms with van der Waals surface area (Å²) >= 11 is 3.06. The van der Waals surface area contributed by atoms with Crippen LogP contribution in [0.15, 0.2) is 4.90 Å². The summed E-state index contributed by atoms with van der Waals surface area (Å²) in [4.78, 5) is 13.4. The minimum absolute atomic E-state index is 0.106. The molecule has 2 atom stereocenters. The second kappa shape index (κ2) is 6.72. The van der Waals surface area contributed by atoms with Gasteiger partial charge in [-0.2, -0.15) is 0 Å². The third kappa shape index (κ3) is 3.23. The molecule has 1 heterocycles. The molecule has 0 radical (unpaired) electrons. The van der Waals surface area contributed by atoms with Crippen molar-refractivity contribution in [3.8, 4) is 0 Å². The number of carbonyl (C=O) groups excluding carboxylic acids is 1. The van der Waals surface area contributed by atoms with E-state index >= 15 is 0 Å². The monoisotopic (exact) mass is 313 g/mol. The number of rotatable bonds is 5. The first-order chi connectivity index (χ1) is 9.56. The van der Waals surface area contributed by atoms with Gasteiger partial charge in [0.2, 0.25) is 0 Å². The van der Waals surface area contributed by atoms with E-state index in [1.807, 2.05) is 6.26 Å². The summed E-state index contributed by atoms with van der Waals surface area (Å²) in [6, 6.07) is 0. The van der Waals surface area contributed by atoms with Crippen LogP contribution in [0.5, 0.6) is 0 Å². The lowest BCUT2D eigenvalue weighted by molar-refractivity contribution is 0.0968. The Bertz CT molecular complexity index is 487. The topological polar surface area (TPSA) is 67.2 Å². The lowest BCUT2D eigenvalue weighted by atomic mass is 10.1. The number of carbonyl (C=O) groups is 1. The van der Waals surface area contributed by atoms with E-state index in [-0.39, 0.29) is 5.91 Å². The number of hydrogen-bond donors (Lipinski definition) is 3. The molecule has 1 amide bonds. The number of nitrogens with two attached hydrogens (primary N) is 1. The first-order valence-electron chi connectivity index (χ1n) is 6.99. The van der Waals surface area contributed by atoms with Crippen molar-refractivity contribution in [1.29, 1.82) is 0 Å². The first-order valence-corrected chi connectivity index (χ1v) is 9.03. The van der Waals surface area contributed by atoms with Gasteiger partial charge in [0.05, 0.1) is 10.6 Å². The van der Waals surface area contributed by atoms with Crippen LogP contribution in [0.3, 0.4) is 0 Å². The maximum atomic E-state index is 11.8. The molecule has 6 heteroatoms. The second-order valence-corrected chi connectivity index (χ2v) is 7.29. The number of amides is 1. The van der Waals surface area contributed by atoms with Gasteiger partial charge in [0.1, 0.15) is 9.88 Å². The average Bonchev–Trinajstić information content (AvgIpc) is 2.99. The SMILES string of the molecule is CNC(=O)c1sc(NCC2CCC(C)C2)c(SC)c1N. The summed E-state index contributed by atoms with van der Waals surface area (Å²) in [6.07, 6.45) is 5.92. The van der Waals surface area contributed by atoms with Crippen LogP contribution in [0.2, 0.25) is 0 Å². The lowest BCUT2D eigenvalue weighted by Gasteiger charge is -2.12. The van der Waals surface area contributed by atoms with Gasteiger partial charge in [-0.3, -0.25) is 4.79 Å². The zero-order chi connectivity index (χ0) is 14.7. The van der Waals surface area contributed by atoms with Crippen molar-refractivity contribution in [2.75, 3.05) is 30.9 Å². The summed E-state index contributed by atoms with van der Waals surface area (Å²) in [5.41, 5.74) is 6.69. The molecule has 0 saturated heterocycles. The van der Waals surface area contributed by atoms with Gasteiger partial charge in [0.15, 0.2) is 0 Å². The van der Waals surface area contributed by atoms with Crippen molar-refractivity contribution in [3.05, 3.63) is 4.88 Å². The van der Waals surface area contributed by atoms with Gasteiger partial charge in [-0.15, -0.1) is 23.1 Å². The van der Waals surface area contributed by atoms with Crippen molar-refractivity contribution < 1.29 is 4.79 Å². The van der Waals surface area contributed by atoms with E-state index in [0.717, 1.165) is 28.3 Å². The highest BCUT2D eigenvalue weighted by molar-refractivity contribution is 7.99. The molecule has 1 saturated carbocycles. The summed E-state index contributed by atoms with van der Waals surface area (Å²) in [5.74, 6) is 1.48. The van der Waals surface area contributed by atoms with Crippen molar-refractivity contribution in [2.24, 2.45) is 11.8 Å². The van der Waals surface area contributed by atoms with Gasteiger partial charge >= 0.3 is 0 Å². The number of anilines is 2. The molecular formula is C14H23N3OS2. The second-order valence-electron chi connectivity index (χ2n) is 5.45. The zero-order valence-corrected chi connectivity index (χ0v) is 13.9. The molecular weight excluding hydrogens is 290 g/mol. The largest absolute Gasteiger partial charge is 0.396 e. The predicted octanol–water partition coefficient (Wildman–Crippen LogP) is 3.26. The average molecular weight is 313 g/mol. The number of nitrogens with one attached hydrogen (secondary N) is 2. The van der Waals surface area contributed by atoms with Crippen molar-refractivity contribution in [2.45, 2.75) is 31.1 Å². The van der Waals surface area contributed by atoms with E-state index in [1.54, 1.807) is 18.8 Å². The standard InChI is InChI=1S/C14H23N3OS2/c1-8-4-5-9(6-8)7-17-14-12(19-3)10(15)11(20-14)13(18)16-2/h8-9,17H,4-7,15H2,1-3H3,(H,16,18). The Hall–Kier alpha value is -0.880. The van der Waals surface area contributed by atoms with Crippen LogP contribution in [0.1, 0.15) is 35.9 Å². The van der Waals surface area contributed by atoms with E-state index < -0.39 is 0 Å². The molecule has 112 valence electrons. The Morgan fingerprint density at radius 2 is 2.25 bits per heavy atom. The molecule has 0 aliphatic heterocycles. The predicted molar refractivity (Wildman–Crippen MR) is 88.9 cm³/mol. The Balaban J connectivity index is 2.08. The molecule has 1 aromatic heterocycles. The molecule has 20 heavy (non-hydrogen) atoms. The van der Waals surface area contributed by atoms with Crippen LogP contribution in [0.25, 0.3) is 0 Å². The van der Waals surface area contributed by atoms with Gasteiger partial charge in [-0.25, -0.2) is 0 Å². The number of thiophene rings is 1. The third-order valence-corrected chi connectivity index (χ3v) is 6.02. The Labute approximate surface area is 128 Å². The highest BCUT2D eigenvalue weighted by Crippen LogP contribution is 2.42. The normalized spacial score (nSPS) is 21.9. The molecule has 1 aliphatic carbocycles. The fraction of sp³-hybridized carbons (Fsp3) is 0.643. The van der Waals surface area contributed by atoms with Crippen LogP contribution in [-0.2, 0) is 0 Å². The minimum atomic E-state index is -0.106. The smallest absolute Gasteiger partial charge is 0.263 e. The summed E-state index contributed by atoms with van der Waals surface area (Å²) in [7, 11) is 1.63. The molecule has 0 bridgehead atoms. The molecule has 0 spiro atoms. The number of thioether (sulfide) groups is 1. The number of nitrogen functional groups attached to an aromatic ring is 1. The molecule has 4 N–H and O–H groups in total. The maximum Gasteiger partial charge on any atom is 0.263 e. The van der Waals surface area contributed by atoms with Gasteiger partial charge in [-0.1, -0.05) is 13.3 Å². The molecule has 1 aromatic rings. The van der Waals surface area contributed by atoms with Crippen LogP contribution in [0, 0.1) is 11.8 Å². The summed E-state index contributed by atoms with van der Waals surface area (Å²) in [6.45, 7) is 3.30. The van der Waals surface area contributed by atoms with Crippen LogP contribution >= 0.6 is 23.1 Å². The molecule has 4 nitrogen and oxygen atoms in total. The van der Waals surface area contributed by atoms with Crippen LogP contribution in [-0.4, -0.2) is 25.8 Å². The minimum Gasteiger partial charge on any atom is -0.396 e. The van der Waals surface area contributed by atoms with Gasteiger partial charge in [0.25, 0.3) is 5.91 Å². The first kappa shape index (κ1) is 15.5. The Kier molecular flexibility index (Phi) is 5.21. The Morgan fingerprint density at radius 3 is 2.80 bits per heavy atom. The van der Waals surface area contributed by atoms with Gasteiger partial charge in [-0.05, 0) is 30.9 Å². The fourth-order valence-electron chi connectivity index (χ4n) is 2.78. The third-order valence-electron chi connectivity index (χ3n) is 3.89. The van der Waals surface area contributed by atoms with E-state index in [4.69, 9.17) is 5.73 Å². The van der Waals surface area contributed by atoms with Crippen molar-refractivity contribution >= 4 is 39.7 Å². The van der Waals surface area contributed by atoms with Crippen molar-refractivity contribution in [3.63, 3.8) is 0 Å². The number of hydrogen-bond acceptors (Lipinski definition) is 5. The van der Waals surface area contributed by atoms with E-state index in [9.17, 15) is 4.79 Å². The molecule has 1 aliphatic rings. The fourth-order valence-corrected chi connectivity index (χ4v) is 4.77. The van der Waals surface area contributed by atoms with E-state index in [1.165, 1.54) is 30.6 Å². The van der Waals surface area contributed by atoms with E-state index in [0.29, 0.717) is 10.6 Å². The molecule has 2 rings (SSSR count). The Morgan fingerprint density at radius 1 is 1.50 bits per heavy atom. The van der Waals surface area contributed by atoms with Crippen LogP contribution in [0.4, 0.5) is 10.7 Å². The summed E-state index contributed by atoms with van der Waals surface area (Å²) < 4.78 is 0. The quantitative estimate of drug-likeness (QED) is 0.730. The van der Waals surface area contributed by atoms with Gasteiger partial charge < -0.3 is 16.4 Å². The van der Waals surface area contributed by atoms with Gasteiger partial charge in [0, 0.05) is 13.6 Å². The molecule has 0 aromatic carbocycles. The highest BCUT2D eigenvalue weighted by atomic mass is 32.2. The van der Waals surface area contributed by atoms with Crippen molar-refractivity contribution in [1.82, 2.24) is 5.32 Å². The molecule has 1 fully saturated rings. The summed E-state index contributed by atoms with van der Waals surface area (Å²) in [5, 5.41) is 7.18. The molecule has 2 unspecified atom stereocenters. The van der Waals surface area contributed by atoms with E-state index in [2.05, 4.69) is 17.6 Å². The highest BCUT2D eigenvalue weighted by Gasteiger charge is 2.23. The zero-order valence-electron chi connectivity index (χ0n) is 12.3. The lowest BCUT2D eigenvalue weighted by Crippen LogP contribution is -2.17. The van der Waals surface area contributed by atoms with Crippen LogP contribution < -0.4 is 16.4 Å². The maximum absolute atomic E-state index is 11.8.